The van der Waals surface area contributed by atoms with E-state index in [1.165, 1.54) is 7.11 Å². The number of benzene rings is 1. The van der Waals surface area contributed by atoms with E-state index in [-0.39, 0.29) is 22.8 Å². The summed E-state index contributed by atoms with van der Waals surface area (Å²) in [4.78, 5) is 2.76. The first kappa shape index (κ1) is 15.1. The number of nitrogens with one attached hydrogen (secondary N) is 1. The molecule has 1 heterocycles. The minimum Gasteiger partial charge on any atom is -0.496 e. The first-order valence-electron chi connectivity index (χ1n) is 6.63. The molecule has 0 saturated heterocycles. The molecule has 0 aliphatic carbocycles. The van der Waals surface area contributed by atoms with Gasteiger partial charge >= 0.3 is 5.88 Å². The first-order chi connectivity index (χ1) is 10.7. The number of ether oxygens (including phenoxy) is 2. The molecular weight excluding hydrogens is 280 g/mol. The second-order valence-electron chi connectivity index (χ2n) is 4.35. The van der Waals surface area contributed by atoms with Crippen molar-refractivity contribution in [3.05, 3.63) is 35.4 Å². The van der Waals surface area contributed by atoms with Gasteiger partial charge in [0.2, 0.25) is 0 Å². The smallest absolute Gasteiger partial charge is 0.301 e. The van der Waals surface area contributed by atoms with Gasteiger partial charge in [-0.2, -0.15) is 10.5 Å². The highest BCUT2D eigenvalue weighted by molar-refractivity contribution is 5.84. The second-order valence-corrected chi connectivity index (χ2v) is 4.35. The fourth-order valence-electron chi connectivity index (χ4n) is 2.22. The SMILES string of the molecule is CCOc1[nH+]c(N)c(C#N)c(-c2ccccc2OC)c1C#N. The predicted octanol–water partition coefficient (Wildman–Crippen LogP) is 1.90. The standard InChI is InChI=1S/C16H14N4O2/c1-3-22-16-12(9-18)14(11(8-17)15(19)20-16)10-6-4-5-7-13(10)21-2/h4-7H,3H2,1-2H3,(H2,19,20)/p+1. The summed E-state index contributed by atoms with van der Waals surface area (Å²) in [5.41, 5.74) is 7.33. The number of nitrogens with zero attached hydrogens (tertiary/aromatic N) is 2. The Bertz CT molecular complexity index is 788. The van der Waals surface area contributed by atoms with Crippen molar-refractivity contribution in [3.8, 4) is 34.9 Å². The zero-order valence-electron chi connectivity index (χ0n) is 12.3. The summed E-state index contributed by atoms with van der Waals surface area (Å²) in [6.45, 7) is 2.16. The summed E-state index contributed by atoms with van der Waals surface area (Å²) < 4.78 is 10.8. The Morgan fingerprint density at radius 3 is 2.45 bits per heavy atom. The molecule has 22 heavy (non-hydrogen) atoms. The minimum atomic E-state index is 0.144. The molecule has 0 aliphatic heterocycles. The van der Waals surface area contributed by atoms with Crippen molar-refractivity contribution in [2.24, 2.45) is 0 Å². The van der Waals surface area contributed by atoms with Crippen molar-refractivity contribution in [2.75, 3.05) is 19.5 Å². The summed E-state index contributed by atoms with van der Waals surface area (Å²) >= 11 is 0. The maximum absolute atomic E-state index is 9.52. The van der Waals surface area contributed by atoms with Crippen LogP contribution < -0.4 is 20.2 Å². The quantitative estimate of drug-likeness (QED) is 0.927. The van der Waals surface area contributed by atoms with Crippen LogP contribution in [0, 0.1) is 22.7 Å². The normalized spacial score (nSPS) is 9.64. The Labute approximate surface area is 128 Å². The van der Waals surface area contributed by atoms with Crippen LogP contribution in [0.2, 0.25) is 0 Å². The van der Waals surface area contributed by atoms with Gasteiger partial charge in [0.15, 0.2) is 5.56 Å². The van der Waals surface area contributed by atoms with Crippen molar-refractivity contribution < 1.29 is 14.5 Å². The number of nitrogens with two attached hydrogens (primary N) is 1. The van der Waals surface area contributed by atoms with Crippen LogP contribution in [0.1, 0.15) is 18.1 Å². The molecule has 3 N–H and O–H groups in total. The van der Waals surface area contributed by atoms with Crippen LogP contribution in [0.4, 0.5) is 5.82 Å². The number of anilines is 1. The number of methoxy groups -OCH3 is 1. The van der Waals surface area contributed by atoms with Crippen LogP contribution in [0.25, 0.3) is 11.1 Å². The molecule has 0 radical (unpaired) electrons. The summed E-state index contributed by atoms with van der Waals surface area (Å²) in [5, 5.41) is 18.9. The van der Waals surface area contributed by atoms with Crippen LogP contribution >= 0.6 is 0 Å². The van der Waals surface area contributed by atoms with E-state index in [0.717, 1.165) is 0 Å². The molecule has 0 saturated carbocycles. The third kappa shape index (κ3) is 2.50. The van der Waals surface area contributed by atoms with E-state index < -0.39 is 0 Å². The number of para-hydroxylation sites is 1. The maximum Gasteiger partial charge on any atom is 0.301 e. The molecule has 110 valence electrons. The Morgan fingerprint density at radius 1 is 1.18 bits per heavy atom. The summed E-state index contributed by atoms with van der Waals surface area (Å²) in [7, 11) is 1.53. The Morgan fingerprint density at radius 2 is 1.86 bits per heavy atom. The number of aromatic amines is 1. The van der Waals surface area contributed by atoms with Crippen molar-refractivity contribution >= 4 is 5.82 Å². The van der Waals surface area contributed by atoms with Gasteiger partial charge in [0.1, 0.15) is 23.5 Å². The number of hydrogen-bond donors (Lipinski definition) is 1. The fourth-order valence-corrected chi connectivity index (χ4v) is 2.22. The highest BCUT2D eigenvalue weighted by Gasteiger charge is 2.26. The predicted molar refractivity (Wildman–Crippen MR) is 80.0 cm³/mol. The number of pyridine rings is 1. The summed E-state index contributed by atoms with van der Waals surface area (Å²) in [5.74, 6) is 0.928. The zero-order chi connectivity index (χ0) is 16.1. The summed E-state index contributed by atoms with van der Waals surface area (Å²) in [6.07, 6.45) is 0. The Balaban J connectivity index is 2.89. The van der Waals surface area contributed by atoms with E-state index >= 15 is 0 Å². The van der Waals surface area contributed by atoms with Crippen molar-refractivity contribution in [1.29, 1.82) is 10.5 Å². The molecule has 0 bridgehead atoms. The van der Waals surface area contributed by atoms with Gasteiger partial charge in [-0.15, -0.1) is 0 Å². The van der Waals surface area contributed by atoms with Crippen molar-refractivity contribution in [3.63, 3.8) is 0 Å². The average molecular weight is 295 g/mol. The van der Waals surface area contributed by atoms with Gasteiger partial charge < -0.3 is 9.47 Å². The Kier molecular flexibility index (Phi) is 4.45. The van der Waals surface area contributed by atoms with E-state index in [1.807, 2.05) is 12.1 Å². The van der Waals surface area contributed by atoms with E-state index in [2.05, 4.69) is 11.1 Å². The van der Waals surface area contributed by atoms with Crippen LogP contribution in [-0.2, 0) is 0 Å². The average Bonchev–Trinajstić information content (AvgIpc) is 2.54. The number of nitrogen functional groups attached to an aromatic ring is 1. The van der Waals surface area contributed by atoms with Crippen LogP contribution in [-0.4, -0.2) is 13.7 Å². The van der Waals surface area contributed by atoms with Gasteiger partial charge in [0.25, 0.3) is 5.82 Å². The first-order valence-corrected chi connectivity index (χ1v) is 6.63. The lowest BCUT2D eigenvalue weighted by atomic mass is 9.95. The van der Waals surface area contributed by atoms with Crippen molar-refractivity contribution in [1.82, 2.24) is 0 Å². The lowest BCUT2D eigenvalue weighted by Gasteiger charge is -2.13. The molecule has 2 aromatic rings. The maximum atomic E-state index is 9.52. The van der Waals surface area contributed by atoms with Crippen LogP contribution in [0.3, 0.4) is 0 Å². The van der Waals surface area contributed by atoms with E-state index in [1.54, 1.807) is 25.1 Å². The van der Waals surface area contributed by atoms with Gasteiger partial charge in [-0.05, 0) is 13.0 Å². The zero-order valence-corrected chi connectivity index (χ0v) is 12.3. The molecule has 0 aliphatic rings. The molecule has 0 spiro atoms. The lowest BCUT2D eigenvalue weighted by Crippen LogP contribution is -2.19. The number of H-pyrrole nitrogens is 1. The summed E-state index contributed by atoms with van der Waals surface area (Å²) in [6, 6.07) is 11.3. The van der Waals surface area contributed by atoms with Gasteiger partial charge in [-0.1, -0.05) is 18.2 Å². The molecule has 0 fully saturated rings. The van der Waals surface area contributed by atoms with Gasteiger partial charge in [-0.25, -0.2) is 4.98 Å². The van der Waals surface area contributed by atoms with Gasteiger partial charge in [0, 0.05) is 11.1 Å². The fraction of sp³-hybridized carbons (Fsp3) is 0.188. The molecule has 0 unspecified atom stereocenters. The highest BCUT2D eigenvalue weighted by Crippen LogP contribution is 2.37. The molecule has 6 nitrogen and oxygen atoms in total. The Hall–Kier alpha value is -3.25. The number of hydrogen-bond acceptors (Lipinski definition) is 5. The van der Waals surface area contributed by atoms with Crippen LogP contribution in [0.5, 0.6) is 11.6 Å². The topological polar surface area (TPSA) is 106 Å². The lowest BCUT2D eigenvalue weighted by molar-refractivity contribution is -0.377. The van der Waals surface area contributed by atoms with E-state index in [4.69, 9.17) is 15.2 Å². The molecule has 1 aromatic carbocycles. The molecule has 0 atom stereocenters. The number of nitriles is 2. The minimum absolute atomic E-state index is 0.144. The van der Waals surface area contributed by atoms with Gasteiger partial charge in [0.05, 0.1) is 13.7 Å². The third-order valence-corrected chi connectivity index (χ3v) is 3.13. The van der Waals surface area contributed by atoms with E-state index in [0.29, 0.717) is 23.5 Å². The molecule has 1 aromatic heterocycles. The number of rotatable bonds is 4. The molecule has 2 rings (SSSR count). The van der Waals surface area contributed by atoms with Crippen LogP contribution in [0.15, 0.2) is 24.3 Å². The molecule has 0 amide bonds. The van der Waals surface area contributed by atoms with E-state index in [9.17, 15) is 10.5 Å². The monoisotopic (exact) mass is 295 g/mol. The largest absolute Gasteiger partial charge is 0.496 e. The highest BCUT2D eigenvalue weighted by atomic mass is 16.5. The molecule has 6 heteroatoms. The second kappa shape index (κ2) is 6.47. The van der Waals surface area contributed by atoms with Crippen molar-refractivity contribution in [2.45, 2.75) is 6.92 Å². The third-order valence-electron chi connectivity index (χ3n) is 3.13. The molecular formula is C16H15N4O2+. The number of aromatic nitrogens is 1. The van der Waals surface area contributed by atoms with Gasteiger partial charge in [-0.3, -0.25) is 5.73 Å².